The molecule has 2 aromatic carbocycles. The highest BCUT2D eigenvalue weighted by atomic mass is 32.2. The molecular formula is C21H18N4O3S. The molecule has 0 atom stereocenters. The Morgan fingerprint density at radius 2 is 2.00 bits per heavy atom. The number of fused-ring (bicyclic) bond motifs is 1. The molecule has 0 saturated carbocycles. The van der Waals surface area contributed by atoms with Gasteiger partial charge in [-0.2, -0.15) is 0 Å². The first kappa shape index (κ1) is 18.9. The van der Waals surface area contributed by atoms with Gasteiger partial charge in [0, 0.05) is 23.2 Å². The van der Waals surface area contributed by atoms with Crippen LogP contribution < -0.4 is 4.74 Å². The van der Waals surface area contributed by atoms with Crippen molar-refractivity contribution >= 4 is 28.6 Å². The molecule has 1 N–H and O–H groups in total. The third-order valence-electron chi connectivity index (χ3n) is 4.19. The molecule has 2 aromatic heterocycles. The SMILES string of the molecule is COC(=O)CSc1n[nH]c(-c2cnc3cc(OCc4ccccc4)ccc3c2)n1. The molecular weight excluding hydrogens is 388 g/mol. The number of esters is 1. The number of methoxy groups -OCH3 is 1. The second-order valence-corrected chi connectivity index (χ2v) is 7.13. The Hall–Kier alpha value is -3.39. The maximum Gasteiger partial charge on any atom is 0.316 e. The van der Waals surface area contributed by atoms with Crippen LogP contribution in [0, 0.1) is 0 Å². The smallest absolute Gasteiger partial charge is 0.316 e. The van der Waals surface area contributed by atoms with Gasteiger partial charge in [0.15, 0.2) is 5.82 Å². The van der Waals surface area contributed by atoms with Crippen LogP contribution in [0.15, 0.2) is 66.0 Å². The minimum Gasteiger partial charge on any atom is -0.489 e. The fourth-order valence-electron chi connectivity index (χ4n) is 2.68. The summed E-state index contributed by atoms with van der Waals surface area (Å²) in [4.78, 5) is 20.2. The van der Waals surface area contributed by atoms with E-state index in [4.69, 9.17) is 4.74 Å². The molecule has 146 valence electrons. The number of carbonyl (C=O) groups excluding carboxylic acids is 1. The molecule has 0 radical (unpaired) electrons. The normalized spacial score (nSPS) is 10.8. The summed E-state index contributed by atoms with van der Waals surface area (Å²) in [6.45, 7) is 0.508. The van der Waals surface area contributed by atoms with Crippen LogP contribution in [0.2, 0.25) is 0 Å². The molecule has 2 heterocycles. The summed E-state index contributed by atoms with van der Waals surface area (Å²) >= 11 is 1.21. The topological polar surface area (TPSA) is 90.0 Å². The van der Waals surface area contributed by atoms with Gasteiger partial charge in [0.05, 0.1) is 18.4 Å². The summed E-state index contributed by atoms with van der Waals surface area (Å²) in [5.41, 5.74) is 2.76. The van der Waals surface area contributed by atoms with Gasteiger partial charge in [-0.1, -0.05) is 42.1 Å². The number of thioether (sulfide) groups is 1. The molecule has 0 amide bonds. The third kappa shape index (κ3) is 4.72. The molecule has 0 bridgehead atoms. The van der Waals surface area contributed by atoms with Gasteiger partial charge in [-0.15, -0.1) is 5.10 Å². The average molecular weight is 406 g/mol. The summed E-state index contributed by atoms with van der Waals surface area (Å²) in [6, 6.07) is 17.8. The Bertz CT molecular complexity index is 1130. The predicted octanol–water partition coefficient (Wildman–Crippen LogP) is 3.86. The monoisotopic (exact) mass is 406 g/mol. The highest BCUT2D eigenvalue weighted by Crippen LogP contribution is 2.25. The van der Waals surface area contributed by atoms with Crippen LogP contribution in [0.1, 0.15) is 5.56 Å². The largest absolute Gasteiger partial charge is 0.489 e. The van der Waals surface area contributed by atoms with E-state index in [0.29, 0.717) is 17.6 Å². The first-order valence-electron chi connectivity index (χ1n) is 8.90. The summed E-state index contributed by atoms with van der Waals surface area (Å²) in [5, 5.41) is 8.45. The average Bonchev–Trinajstić information content (AvgIpc) is 3.25. The van der Waals surface area contributed by atoms with E-state index in [9.17, 15) is 4.79 Å². The molecule has 0 aliphatic rings. The van der Waals surface area contributed by atoms with Crippen molar-refractivity contribution in [2.24, 2.45) is 0 Å². The second-order valence-electron chi connectivity index (χ2n) is 6.18. The van der Waals surface area contributed by atoms with Crippen molar-refractivity contribution < 1.29 is 14.3 Å². The number of benzene rings is 2. The van der Waals surface area contributed by atoms with E-state index in [2.05, 4.69) is 24.9 Å². The molecule has 0 saturated heterocycles. The minimum atomic E-state index is -0.320. The van der Waals surface area contributed by atoms with Gasteiger partial charge < -0.3 is 9.47 Å². The number of hydrogen-bond donors (Lipinski definition) is 1. The van der Waals surface area contributed by atoms with E-state index in [1.165, 1.54) is 18.9 Å². The number of aromatic nitrogens is 4. The molecule has 4 rings (SSSR count). The molecule has 8 heteroatoms. The lowest BCUT2D eigenvalue weighted by molar-refractivity contribution is -0.137. The van der Waals surface area contributed by atoms with Gasteiger partial charge >= 0.3 is 5.97 Å². The summed E-state index contributed by atoms with van der Waals surface area (Å²) in [5.74, 6) is 1.20. The van der Waals surface area contributed by atoms with Crippen LogP contribution in [0.3, 0.4) is 0 Å². The number of hydrogen-bond acceptors (Lipinski definition) is 7. The first-order valence-corrected chi connectivity index (χ1v) is 9.89. The molecule has 0 aliphatic carbocycles. The van der Waals surface area contributed by atoms with Gasteiger partial charge in [-0.05, 0) is 23.8 Å². The van der Waals surface area contributed by atoms with E-state index in [-0.39, 0.29) is 11.7 Å². The van der Waals surface area contributed by atoms with Crippen molar-refractivity contribution in [2.45, 2.75) is 11.8 Å². The van der Waals surface area contributed by atoms with Crippen LogP contribution in [-0.4, -0.2) is 39.0 Å². The highest BCUT2D eigenvalue weighted by molar-refractivity contribution is 7.99. The van der Waals surface area contributed by atoms with Crippen LogP contribution in [0.5, 0.6) is 5.75 Å². The zero-order chi connectivity index (χ0) is 20.1. The zero-order valence-electron chi connectivity index (χ0n) is 15.7. The standard InChI is InChI=1S/C21H18N4O3S/c1-27-19(26)13-29-21-23-20(24-25-21)16-9-15-7-8-17(10-18(15)22-11-16)28-12-14-5-3-2-4-6-14/h2-11H,12-13H2,1H3,(H,23,24,25). The number of nitrogens with one attached hydrogen (secondary N) is 1. The third-order valence-corrected chi connectivity index (χ3v) is 5.01. The minimum absolute atomic E-state index is 0.162. The summed E-state index contributed by atoms with van der Waals surface area (Å²) < 4.78 is 10.5. The lowest BCUT2D eigenvalue weighted by Gasteiger charge is -2.07. The van der Waals surface area contributed by atoms with Crippen LogP contribution in [0.25, 0.3) is 22.3 Å². The van der Waals surface area contributed by atoms with E-state index in [1.54, 1.807) is 6.20 Å². The number of aromatic amines is 1. The molecule has 0 aliphatic heterocycles. The van der Waals surface area contributed by atoms with Crippen LogP contribution >= 0.6 is 11.8 Å². The lowest BCUT2D eigenvalue weighted by atomic mass is 10.1. The fourth-order valence-corrected chi connectivity index (χ4v) is 3.31. The number of pyridine rings is 1. The molecule has 0 fully saturated rings. The molecule has 4 aromatic rings. The quantitative estimate of drug-likeness (QED) is 0.368. The second kappa shape index (κ2) is 8.74. The lowest BCUT2D eigenvalue weighted by Crippen LogP contribution is -2.03. The molecule has 29 heavy (non-hydrogen) atoms. The summed E-state index contributed by atoms with van der Waals surface area (Å²) in [7, 11) is 1.35. The Labute approximate surface area is 171 Å². The van der Waals surface area contributed by atoms with Crippen molar-refractivity contribution in [3.63, 3.8) is 0 Å². The number of nitrogens with zero attached hydrogens (tertiary/aromatic N) is 3. The summed E-state index contributed by atoms with van der Waals surface area (Å²) in [6.07, 6.45) is 1.73. The van der Waals surface area contributed by atoms with Gasteiger partial charge in [0.2, 0.25) is 5.16 Å². The van der Waals surface area contributed by atoms with Crippen molar-refractivity contribution in [3.05, 3.63) is 66.4 Å². The number of rotatable bonds is 7. The van der Waals surface area contributed by atoms with Crippen molar-refractivity contribution in [3.8, 4) is 17.1 Å². The van der Waals surface area contributed by atoms with E-state index < -0.39 is 0 Å². The molecule has 0 spiro atoms. The van der Waals surface area contributed by atoms with Crippen molar-refractivity contribution in [1.29, 1.82) is 0 Å². The molecule has 0 unspecified atom stereocenters. The Kier molecular flexibility index (Phi) is 5.71. The van der Waals surface area contributed by atoms with Gasteiger partial charge in [0.1, 0.15) is 12.4 Å². The van der Waals surface area contributed by atoms with Crippen LogP contribution in [0.4, 0.5) is 0 Å². The Morgan fingerprint density at radius 3 is 2.83 bits per heavy atom. The number of carbonyl (C=O) groups is 1. The zero-order valence-corrected chi connectivity index (χ0v) is 16.5. The van der Waals surface area contributed by atoms with Crippen LogP contribution in [-0.2, 0) is 16.1 Å². The highest BCUT2D eigenvalue weighted by Gasteiger charge is 2.10. The molecule has 7 nitrogen and oxygen atoms in total. The van der Waals surface area contributed by atoms with Crippen molar-refractivity contribution in [1.82, 2.24) is 20.2 Å². The van der Waals surface area contributed by atoms with Gasteiger partial charge in [-0.25, -0.2) is 4.98 Å². The maximum atomic E-state index is 11.2. The number of H-pyrrole nitrogens is 1. The Morgan fingerprint density at radius 1 is 1.14 bits per heavy atom. The fraction of sp³-hybridized carbons (Fsp3) is 0.143. The van der Waals surface area contributed by atoms with E-state index in [1.807, 2.05) is 54.6 Å². The maximum absolute atomic E-state index is 11.2. The first-order chi connectivity index (χ1) is 14.2. The Balaban J connectivity index is 1.47. The van der Waals surface area contributed by atoms with Crippen molar-refractivity contribution in [2.75, 3.05) is 12.9 Å². The van der Waals surface area contributed by atoms with Gasteiger partial charge in [-0.3, -0.25) is 14.9 Å². The van der Waals surface area contributed by atoms with Gasteiger partial charge in [0.25, 0.3) is 0 Å². The van der Waals surface area contributed by atoms with E-state index >= 15 is 0 Å². The van der Waals surface area contributed by atoms with E-state index in [0.717, 1.165) is 27.8 Å². The number of ether oxygens (including phenoxy) is 2. The predicted molar refractivity (Wildman–Crippen MR) is 111 cm³/mol.